The van der Waals surface area contributed by atoms with Gasteiger partial charge in [0, 0.05) is 41.9 Å². The highest BCUT2D eigenvalue weighted by Crippen LogP contribution is 2.24. The minimum absolute atomic E-state index is 0.722. The van der Waals surface area contributed by atoms with Crippen LogP contribution in [-0.2, 0) is 0 Å². The molecule has 0 saturated heterocycles. The third kappa shape index (κ3) is 2.94. The zero-order valence-electron chi connectivity index (χ0n) is 11.6. The summed E-state index contributed by atoms with van der Waals surface area (Å²) in [6.07, 6.45) is 5.28. The molecule has 20 heavy (non-hydrogen) atoms. The van der Waals surface area contributed by atoms with E-state index in [1.165, 1.54) is 5.57 Å². The molecule has 1 N–H and O–H groups in total. The van der Waals surface area contributed by atoms with Crippen LogP contribution in [-0.4, -0.2) is 36.6 Å². The zero-order valence-corrected chi connectivity index (χ0v) is 12.3. The molecular weight excluding hydrogens is 270 g/mol. The summed E-state index contributed by atoms with van der Waals surface area (Å²) < 4.78 is 0. The van der Waals surface area contributed by atoms with Crippen LogP contribution in [0.5, 0.6) is 0 Å². The van der Waals surface area contributed by atoms with Gasteiger partial charge in [-0.3, -0.25) is 4.98 Å². The second-order valence-corrected chi connectivity index (χ2v) is 5.68. The van der Waals surface area contributed by atoms with Gasteiger partial charge in [0.2, 0.25) is 0 Å². The standard InChI is InChI=1S/C16H18ClN3/c1-20-8-5-12(6-9-20)11-19-15-4-7-18-16-10-13(17)2-3-14(15)16/h2-5,7,10H,6,8-9,11H2,1H3,(H,18,19). The number of nitrogens with one attached hydrogen (secondary N) is 1. The van der Waals surface area contributed by atoms with Crippen molar-refractivity contribution < 1.29 is 0 Å². The first kappa shape index (κ1) is 13.4. The monoisotopic (exact) mass is 287 g/mol. The number of benzene rings is 1. The number of hydrogen-bond acceptors (Lipinski definition) is 3. The molecule has 1 aliphatic rings. The van der Waals surface area contributed by atoms with Gasteiger partial charge in [-0.05, 0) is 37.7 Å². The van der Waals surface area contributed by atoms with E-state index in [1.807, 2.05) is 30.5 Å². The van der Waals surface area contributed by atoms with Crippen LogP contribution in [0.1, 0.15) is 6.42 Å². The molecule has 0 amide bonds. The predicted molar refractivity (Wildman–Crippen MR) is 85.4 cm³/mol. The molecule has 1 aromatic carbocycles. The molecule has 0 aliphatic carbocycles. The van der Waals surface area contributed by atoms with Crippen LogP contribution in [0.3, 0.4) is 0 Å². The molecule has 4 heteroatoms. The largest absolute Gasteiger partial charge is 0.381 e. The summed E-state index contributed by atoms with van der Waals surface area (Å²) in [5.74, 6) is 0. The number of aromatic nitrogens is 1. The van der Waals surface area contributed by atoms with Crippen molar-refractivity contribution >= 4 is 28.2 Å². The Morgan fingerprint density at radius 1 is 1.35 bits per heavy atom. The minimum Gasteiger partial charge on any atom is -0.381 e. The SMILES string of the molecule is CN1CC=C(CNc2ccnc3cc(Cl)ccc23)CC1. The third-order valence-corrected chi connectivity index (χ3v) is 3.95. The minimum atomic E-state index is 0.722. The molecule has 1 aliphatic heterocycles. The van der Waals surface area contributed by atoms with Crippen LogP contribution in [0.15, 0.2) is 42.1 Å². The molecule has 104 valence electrons. The van der Waals surface area contributed by atoms with Crippen molar-refractivity contribution in [3.05, 3.63) is 47.1 Å². The Morgan fingerprint density at radius 2 is 2.25 bits per heavy atom. The first-order valence-electron chi connectivity index (χ1n) is 6.87. The Balaban J connectivity index is 1.78. The molecular formula is C16H18ClN3. The van der Waals surface area contributed by atoms with Gasteiger partial charge in [0.05, 0.1) is 5.52 Å². The first-order chi connectivity index (χ1) is 9.72. The predicted octanol–water partition coefficient (Wildman–Crippen LogP) is 3.56. The number of halogens is 1. The highest BCUT2D eigenvalue weighted by molar-refractivity contribution is 6.31. The topological polar surface area (TPSA) is 28.2 Å². The lowest BCUT2D eigenvalue weighted by atomic mass is 10.1. The molecule has 2 aromatic rings. The van der Waals surface area contributed by atoms with E-state index in [-0.39, 0.29) is 0 Å². The van der Waals surface area contributed by atoms with Crippen LogP contribution in [0.25, 0.3) is 10.9 Å². The Morgan fingerprint density at radius 3 is 3.05 bits per heavy atom. The van der Waals surface area contributed by atoms with Crippen molar-refractivity contribution in [2.75, 3.05) is 32.0 Å². The maximum atomic E-state index is 6.01. The van der Waals surface area contributed by atoms with Crippen LogP contribution in [0, 0.1) is 0 Å². The summed E-state index contributed by atoms with van der Waals surface area (Å²) in [6, 6.07) is 7.85. The number of likely N-dealkylation sites (N-methyl/N-ethyl adjacent to an activating group) is 1. The van der Waals surface area contributed by atoms with E-state index < -0.39 is 0 Å². The number of pyridine rings is 1. The fourth-order valence-electron chi connectivity index (χ4n) is 2.46. The molecule has 0 radical (unpaired) electrons. The van der Waals surface area contributed by atoms with Crippen molar-refractivity contribution in [2.24, 2.45) is 0 Å². The van der Waals surface area contributed by atoms with E-state index in [0.29, 0.717) is 0 Å². The summed E-state index contributed by atoms with van der Waals surface area (Å²) in [5, 5.41) is 5.36. The molecule has 0 saturated carbocycles. The lowest BCUT2D eigenvalue weighted by Gasteiger charge is -2.22. The van der Waals surface area contributed by atoms with Crippen LogP contribution in [0.2, 0.25) is 5.02 Å². The lowest BCUT2D eigenvalue weighted by Crippen LogP contribution is -2.25. The molecule has 3 nitrogen and oxygen atoms in total. The van der Waals surface area contributed by atoms with E-state index in [0.717, 1.165) is 47.7 Å². The highest BCUT2D eigenvalue weighted by atomic mass is 35.5. The molecule has 0 spiro atoms. The van der Waals surface area contributed by atoms with Gasteiger partial charge in [0.25, 0.3) is 0 Å². The second kappa shape index (κ2) is 5.81. The second-order valence-electron chi connectivity index (χ2n) is 5.25. The average Bonchev–Trinajstić information content (AvgIpc) is 2.46. The van der Waals surface area contributed by atoms with Crippen LogP contribution in [0.4, 0.5) is 5.69 Å². The van der Waals surface area contributed by atoms with Gasteiger partial charge in [0.1, 0.15) is 0 Å². The van der Waals surface area contributed by atoms with Gasteiger partial charge in [-0.1, -0.05) is 23.3 Å². The van der Waals surface area contributed by atoms with Gasteiger partial charge in [-0.2, -0.15) is 0 Å². The van der Waals surface area contributed by atoms with Crippen LogP contribution >= 0.6 is 11.6 Å². The van der Waals surface area contributed by atoms with E-state index in [1.54, 1.807) is 0 Å². The molecule has 3 rings (SSSR count). The van der Waals surface area contributed by atoms with E-state index in [4.69, 9.17) is 11.6 Å². The average molecular weight is 288 g/mol. The summed E-state index contributed by atoms with van der Waals surface area (Å²) in [5.41, 5.74) is 3.52. The smallest absolute Gasteiger partial charge is 0.0737 e. The zero-order chi connectivity index (χ0) is 13.9. The summed E-state index contributed by atoms with van der Waals surface area (Å²) in [6.45, 7) is 3.08. The molecule has 0 fully saturated rings. The summed E-state index contributed by atoms with van der Waals surface area (Å²) in [4.78, 5) is 6.69. The molecule has 0 bridgehead atoms. The van der Waals surface area contributed by atoms with Gasteiger partial charge in [-0.25, -0.2) is 0 Å². The number of anilines is 1. The maximum Gasteiger partial charge on any atom is 0.0737 e. The molecule has 2 heterocycles. The van der Waals surface area contributed by atoms with Crippen molar-refractivity contribution in [2.45, 2.75) is 6.42 Å². The van der Waals surface area contributed by atoms with E-state index in [9.17, 15) is 0 Å². The maximum absolute atomic E-state index is 6.01. The number of rotatable bonds is 3. The van der Waals surface area contributed by atoms with Crippen molar-refractivity contribution in [3.63, 3.8) is 0 Å². The lowest BCUT2D eigenvalue weighted by molar-refractivity contribution is 0.358. The summed E-state index contributed by atoms with van der Waals surface area (Å²) >= 11 is 6.01. The quantitative estimate of drug-likeness (QED) is 0.875. The van der Waals surface area contributed by atoms with Crippen LogP contribution < -0.4 is 5.32 Å². The van der Waals surface area contributed by atoms with Gasteiger partial charge in [-0.15, -0.1) is 0 Å². The summed E-state index contributed by atoms with van der Waals surface area (Å²) in [7, 11) is 2.15. The molecule has 0 atom stereocenters. The first-order valence-corrected chi connectivity index (χ1v) is 7.25. The molecule has 0 unspecified atom stereocenters. The Hall–Kier alpha value is -1.58. The normalized spacial score (nSPS) is 16.2. The third-order valence-electron chi connectivity index (χ3n) is 3.72. The van der Waals surface area contributed by atoms with Crippen molar-refractivity contribution in [3.8, 4) is 0 Å². The van der Waals surface area contributed by atoms with Crippen molar-refractivity contribution in [1.29, 1.82) is 0 Å². The Kier molecular flexibility index (Phi) is 3.90. The molecule has 1 aromatic heterocycles. The van der Waals surface area contributed by atoms with E-state index >= 15 is 0 Å². The number of hydrogen-bond donors (Lipinski definition) is 1. The van der Waals surface area contributed by atoms with Crippen molar-refractivity contribution in [1.82, 2.24) is 9.88 Å². The Labute approximate surface area is 124 Å². The highest BCUT2D eigenvalue weighted by Gasteiger charge is 2.08. The van der Waals surface area contributed by atoms with E-state index in [2.05, 4.69) is 28.3 Å². The van der Waals surface area contributed by atoms with Gasteiger partial charge < -0.3 is 10.2 Å². The number of fused-ring (bicyclic) bond motifs is 1. The fraction of sp³-hybridized carbons (Fsp3) is 0.312. The number of nitrogens with zero attached hydrogens (tertiary/aromatic N) is 2. The van der Waals surface area contributed by atoms with Gasteiger partial charge >= 0.3 is 0 Å². The fourth-order valence-corrected chi connectivity index (χ4v) is 2.62. The Bertz CT molecular complexity index is 651. The van der Waals surface area contributed by atoms with Gasteiger partial charge in [0.15, 0.2) is 0 Å².